The van der Waals surface area contributed by atoms with E-state index in [1.807, 2.05) is 0 Å². The lowest BCUT2D eigenvalue weighted by atomic mass is 10.0. The van der Waals surface area contributed by atoms with Crippen molar-refractivity contribution in [2.75, 3.05) is 12.4 Å². The molecular formula is C11H16OS. The molecule has 2 heteroatoms. The number of benzene rings is 1. The molecule has 0 amide bonds. The fourth-order valence-electron chi connectivity index (χ4n) is 1.44. The Morgan fingerprint density at radius 3 is 2.62 bits per heavy atom. The van der Waals surface area contributed by atoms with E-state index in [4.69, 9.17) is 5.11 Å². The minimum atomic E-state index is 0.229. The summed E-state index contributed by atoms with van der Waals surface area (Å²) in [6.45, 7) is 2.32. The first kappa shape index (κ1) is 10.6. The predicted molar refractivity (Wildman–Crippen MR) is 59.5 cm³/mol. The van der Waals surface area contributed by atoms with Crippen LogP contribution in [0.3, 0.4) is 0 Å². The zero-order valence-electron chi connectivity index (χ0n) is 7.95. The number of aliphatic hydroxyl groups excluding tert-OH is 1. The summed E-state index contributed by atoms with van der Waals surface area (Å²) in [4.78, 5) is 0. The molecule has 1 N–H and O–H groups in total. The molecule has 1 nitrogen and oxygen atoms in total. The first-order chi connectivity index (χ1) is 6.27. The van der Waals surface area contributed by atoms with Gasteiger partial charge >= 0.3 is 0 Å². The summed E-state index contributed by atoms with van der Waals surface area (Å²) < 4.78 is 0. The van der Waals surface area contributed by atoms with E-state index in [0.717, 1.165) is 18.6 Å². The quantitative estimate of drug-likeness (QED) is 0.706. The van der Waals surface area contributed by atoms with Gasteiger partial charge in [-0.1, -0.05) is 18.2 Å². The van der Waals surface area contributed by atoms with Gasteiger partial charge in [0.2, 0.25) is 0 Å². The summed E-state index contributed by atoms with van der Waals surface area (Å²) in [5.41, 5.74) is 3.84. The van der Waals surface area contributed by atoms with Gasteiger partial charge in [-0.25, -0.2) is 0 Å². The molecule has 0 bridgehead atoms. The van der Waals surface area contributed by atoms with E-state index < -0.39 is 0 Å². The van der Waals surface area contributed by atoms with E-state index in [2.05, 4.69) is 37.8 Å². The second kappa shape index (κ2) is 5.30. The maximum atomic E-state index is 8.80. The van der Waals surface area contributed by atoms with Gasteiger partial charge in [-0.3, -0.25) is 0 Å². The summed E-state index contributed by atoms with van der Waals surface area (Å²) in [6, 6.07) is 6.40. The number of hydrogen-bond donors (Lipinski definition) is 2. The zero-order chi connectivity index (χ0) is 9.68. The van der Waals surface area contributed by atoms with Gasteiger partial charge in [0.25, 0.3) is 0 Å². The Labute approximate surface area is 85.2 Å². The third-order valence-electron chi connectivity index (χ3n) is 2.19. The van der Waals surface area contributed by atoms with Crippen LogP contribution < -0.4 is 0 Å². The van der Waals surface area contributed by atoms with Gasteiger partial charge in [0.1, 0.15) is 0 Å². The number of aryl methyl sites for hydroxylation is 2. The Balaban J connectivity index is 2.79. The van der Waals surface area contributed by atoms with Crippen LogP contribution in [0, 0.1) is 6.92 Å². The summed E-state index contributed by atoms with van der Waals surface area (Å²) in [7, 11) is 0. The molecule has 0 saturated heterocycles. The van der Waals surface area contributed by atoms with Gasteiger partial charge in [-0.2, -0.15) is 12.6 Å². The molecule has 13 heavy (non-hydrogen) atoms. The van der Waals surface area contributed by atoms with Crippen molar-refractivity contribution >= 4 is 12.6 Å². The largest absolute Gasteiger partial charge is 0.396 e. The van der Waals surface area contributed by atoms with Crippen molar-refractivity contribution in [2.24, 2.45) is 0 Å². The molecule has 0 radical (unpaired) electrons. The highest BCUT2D eigenvalue weighted by Gasteiger charge is 1.98. The smallest absolute Gasteiger partial charge is 0.0471 e. The minimum Gasteiger partial charge on any atom is -0.396 e. The van der Waals surface area contributed by atoms with Gasteiger partial charge in [0.05, 0.1) is 0 Å². The van der Waals surface area contributed by atoms with E-state index in [1.54, 1.807) is 0 Å². The average molecular weight is 196 g/mol. The Hall–Kier alpha value is -0.470. The highest BCUT2D eigenvalue weighted by atomic mass is 32.1. The average Bonchev–Trinajstić information content (AvgIpc) is 2.10. The lowest BCUT2D eigenvalue weighted by Gasteiger charge is -2.06. The van der Waals surface area contributed by atoms with Crippen molar-refractivity contribution in [3.8, 4) is 0 Å². The maximum Gasteiger partial charge on any atom is 0.0471 e. The molecule has 0 fully saturated rings. The molecule has 1 rings (SSSR count). The Kier molecular flexibility index (Phi) is 4.33. The topological polar surface area (TPSA) is 20.2 Å². The Bertz CT molecular complexity index is 271. The van der Waals surface area contributed by atoms with Crippen LogP contribution >= 0.6 is 12.6 Å². The molecule has 0 saturated carbocycles. The van der Waals surface area contributed by atoms with Crippen LogP contribution in [-0.2, 0) is 12.8 Å². The van der Waals surface area contributed by atoms with E-state index in [-0.39, 0.29) is 6.61 Å². The van der Waals surface area contributed by atoms with E-state index >= 15 is 0 Å². The first-order valence-corrected chi connectivity index (χ1v) is 5.21. The van der Waals surface area contributed by atoms with Crippen LogP contribution in [0.25, 0.3) is 0 Å². The van der Waals surface area contributed by atoms with Gasteiger partial charge < -0.3 is 5.11 Å². The molecule has 1 aromatic carbocycles. The van der Waals surface area contributed by atoms with Crippen LogP contribution in [0.4, 0.5) is 0 Å². The lowest BCUT2D eigenvalue weighted by Crippen LogP contribution is -1.96. The van der Waals surface area contributed by atoms with Gasteiger partial charge in [0, 0.05) is 6.61 Å². The van der Waals surface area contributed by atoms with Gasteiger partial charge in [-0.15, -0.1) is 0 Å². The summed E-state index contributed by atoms with van der Waals surface area (Å²) >= 11 is 4.19. The molecule has 0 heterocycles. The molecule has 0 aliphatic carbocycles. The normalized spacial score (nSPS) is 10.4. The summed E-state index contributed by atoms with van der Waals surface area (Å²) in [5.74, 6) is 0.888. The SMILES string of the molecule is Cc1cc(CCS)ccc1CCO. The van der Waals surface area contributed by atoms with Crippen LogP contribution in [0.2, 0.25) is 0 Å². The van der Waals surface area contributed by atoms with Crippen LogP contribution in [0.5, 0.6) is 0 Å². The molecule has 0 atom stereocenters. The predicted octanol–water partition coefficient (Wildman–Crippen LogP) is 2.00. The van der Waals surface area contributed by atoms with Crippen molar-refractivity contribution in [1.29, 1.82) is 0 Å². The molecule has 72 valence electrons. The summed E-state index contributed by atoms with van der Waals surface area (Å²) in [6.07, 6.45) is 1.77. The van der Waals surface area contributed by atoms with Gasteiger partial charge in [-0.05, 0) is 42.2 Å². The third kappa shape index (κ3) is 3.05. The molecule has 0 spiro atoms. The van der Waals surface area contributed by atoms with Crippen LogP contribution in [0.1, 0.15) is 16.7 Å². The second-order valence-electron chi connectivity index (χ2n) is 3.21. The lowest BCUT2D eigenvalue weighted by molar-refractivity contribution is 0.299. The molecular weight excluding hydrogens is 180 g/mol. The first-order valence-electron chi connectivity index (χ1n) is 4.58. The fraction of sp³-hybridized carbons (Fsp3) is 0.455. The maximum absolute atomic E-state index is 8.80. The monoisotopic (exact) mass is 196 g/mol. The highest BCUT2D eigenvalue weighted by molar-refractivity contribution is 7.80. The molecule has 0 aromatic heterocycles. The van der Waals surface area contributed by atoms with Crippen molar-refractivity contribution < 1.29 is 5.11 Å². The van der Waals surface area contributed by atoms with Crippen molar-refractivity contribution in [1.82, 2.24) is 0 Å². The zero-order valence-corrected chi connectivity index (χ0v) is 8.85. The van der Waals surface area contributed by atoms with Crippen LogP contribution in [-0.4, -0.2) is 17.5 Å². The molecule has 0 aliphatic heterocycles. The summed E-state index contributed by atoms with van der Waals surface area (Å²) in [5, 5.41) is 8.80. The van der Waals surface area contributed by atoms with Crippen LogP contribution in [0.15, 0.2) is 18.2 Å². The number of hydrogen-bond acceptors (Lipinski definition) is 2. The van der Waals surface area contributed by atoms with E-state index in [9.17, 15) is 0 Å². The highest BCUT2D eigenvalue weighted by Crippen LogP contribution is 2.12. The fourth-order valence-corrected chi connectivity index (χ4v) is 1.70. The van der Waals surface area contributed by atoms with Crippen molar-refractivity contribution in [2.45, 2.75) is 19.8 Å². The molecule has 0 aliphatic rings. The van der Waals surface area contributed by atoms with Crippen molar-refractivity contribution in [3.63, 3.8) is 0 Å². The van der Waals surface area contributed by atoms with E-state index in [0.29, 0.717) is 0 Å². The molecule has 0 unspecified atom stereocenters. The number of aliphatic hydroxyl groups is 1. The minimum absolute atomic E-state index is 0.229. The third-order valence-corrected chi connectivity index (χ3v) is 2.41. The Morgan fingerprint density at radius 2 is 2.08 bits per heavy atom. The standard InChI is InChI=1S/C11H16OS/c1-9-8-10(5-7-13)2-3-11(9)4-6-12/h2-3,8,12-13H,4-7H2,1H3. The Morgan fingerprint density at radius 1 is 1.31 bits per heavy atom. The number of rotatable bonds is 4. The molecule has 1 aromatic rings. The number of thiol groups is 1. The van der Waals surface area contributed by atoms with Gasteiger partial charge in [0.15, 0.2) is 0 Å². The second-order valence-corrected chi connectivity index (χ2v) is 3.66. The van der Waals surface area contributed by atoms with Crippen molar-refractivity contribution in [3.05, 3.63) is 34.9 Å². The van der Waals surface area contributed by atoms with E-state index in [1.165, 1.54) is 16.7 Å².